The van der Waals surface area contributed by atoms with Crippen molar-refractivity contribution in [3.8, 4) is 0 Å². The summed E-state index contributed by atoms with van der Waals surface area (Å²) in [4.78, 5) is 12.4. The van der Waals surface area contributed by atoms with Crippen LogP contribution < -0.4 is 0 Å². The van der Waals surface area contributed by atoms with Gasteiger partial charge in [0.1, 0.15) is 6.10 Å². The Bertz CT molecular complexity index is 526. The highest BCUT2D eigenvalue weighted by Crippen LogP contribution is 2.44. The van der Waals surface area contributed by atoms with Gasteiger partial charge in [-0.3, -0.25) is 4.79 Å². The van der Waals surface area contributed by atoms with E-state index in [4.69, 9.17) is 4.74 Å². The van der Waals surface area contributed by atoms with E-state index in [1.165, 1.54) is 0 Å². The topological polar surface area (TPSA) is 46.5 Å². The molecular weight excluding hydrogens is 312 g/mol. The summed E-state index contributed by atoms with van der Waals surface area (Å²) in [7, 11) is 0. The summed E-state index contributed by atoms with van der Waals surface area (Å²) < 4.78 is 5.92. The third kappa shape index (κ3) is 5.20. The lowest BCUT2D eigenvalue weighted by atomic mass is 9.65. The Morgan fingerprint density at radius 2 is 2.08 bits per heavy atom. The van der Waals surface area contributed by atoms with Crippen LogP contribution in [0, 0.1) is 29.1 Å². The van der Waals surface area contributed by atoms with Crippen molar-refractivity contribution in [2.24, 2.45) is 29.1 Å². The number of aliphatic hydroxyl groups is 1. The number of aliphatic hydroxyl groups excluding tert-OH is 1. The molecule has 3 heteroatoms. The first-order valence-electron chi connectivity index (χ1n) is 9.91. The maximum absolute atomic E-state index is 12.4. The van der Waals surface area contributed by atoms with E-state index in [9.17, 15) is 9.90 Å². The molecule has 0 heterocycles. The van der Waals surface area contributed by atoms with E-state index in [1.807, 2.05) is 19.9 Å². The second-order valence-corrected chi connectivity index (χ2v) is 9.26. The van der Waals surface area contributed by atoms with Gasteiger partial charge in [-0.25, -0.2) is 0 Å². The average molecular weight is 349 g/mol. The minimum Gasteiger partial charge on any atom is -0.461 e. The Hall–Kier alpha value is -1.09. The van der Waals surface area contributed by atoms with Crippen molar-refractivity contribution in [2.45, 2.75) is 79.4 Å². The lowest BCUT2D eigenvalue weighted by Crippen LogP contribution is -2.43. The fraction of sp³-hybridized carbons (Fsp3) is 0.773. The molecular formula is C22H36O3. The number of carbonyl (C=O) groups is 1. The van der Waals surface area contributed by atoms with Crippen molar-refractivity contribution >= 4 is 5.97 Å². The van der Waals surface area contributed by atoms with Crippen LogP contribution in [0.2, 0.25) is 0 Å². The van der Waals surface area contributed by atoms with Crippen molar-refractivity contribution in [3.05, 3.63) is 23.8 Å². The summed E-state index contributed by atoms with van der Waals surface area (Å²) >= 11 is 0. The molecule has 0 radical (unpaired) electrons. The van der Waals surface area contributed by atoms with Crippen LogP contribution in [-0.2, 0) is 9.53 Å². The zero-order chi connectivity index (χ0) is 18.8. The maximum Gasteiger partial charge on any atom is 0.308 e. The number of ether oxygens (including phenoxy) is 1. The number of fused-ring (bicyclic) bond motifs is 1. The van der Waals surface area contributed by atoms with Crippen molar-refractivity contribution in [2.75, 3.05) is 0 Å². The molecule has 0 spiro atoms. The summed E-state index contributed by atoms with van der Waals surface area (Å²) in [6, 6.07) is 0. The van der Waals surface area contributed by atoms with Crippen molar-refractivity contribution < 1.29 is 14.6 Å². The first-order chi connectivity index (χ1) is 11.6. The molecule has 0 aromatic carbocycles. The first-order valence-corrected chi connectivity index (χ1v) is 9.91. The average Bonchev–Trinajstić information content (AvgIpc) is 2.52. The Labute approximate surface area is 153 Å². The molecule has 142 valence electrons. The van der Waals surface area contributed by atoms with Gasteiger partial charge in [-0.05, 0) is 42.1 Å². The van der Waals surface area contributed by atoms with Crippen molar-refractivity contribution in [3.63, 3.8) is 0 Å². The molecule has 0 fully saturated rings. The van der Waals surface area contributed by atoms with Gasteiger partial charge in [-0.2, -0.15) is 0 Å². The number of allylic oxidation sites excluding steroid dienone is 2. The van der Waals surface area contributed by atoms with Gasteiger partial charge in [0, 0.05) is 12.3 Å². The molecule has 25 heavy (non-hydrogen) atoms. The zero-order valence-electron chi connectivity index (χ0n) is 16.8. The van der Waals surface area contributed by atoms with Gasteiger partial charge in [-0.15, -0.1) is 0 Å². The molecule has 0 aliphatic heterocycles. The normalized spacial score (nSPS) is 33.4. The predicted octanol–water partition coefficient (Wildman–Crippen LogP) is 4.90. The Balaban J connectivity index is 2.23. The molecule has 4 unspecified atom stereocenters. The molecule has 2 rings (SSSR count). The molecule has 0 aromatic heterocycles. The highest BCUT2D eigenvalue weighted by Gasteiger charge is 2.42. The molecule has 2 aliphatic carbocycles. The van der Waals surface area contributed by atoms with Crippen LogP contribution in [0.4, 0.5) is 0 Å². The minimum atomic E-state index is -0.526. The quantitative estimate of drug-likeness (QED) is 0.719. The van der Waals surface area contributed by atoms with Gasteiger partial charge in [0.25, 0.3) is 0 Å². The van der Waals surface area contributed by atoms with Gasteiger partial charge in [0.2, 0.25) is 0 Å². The largest absolute Gasteiger partial charge is 0.461 e. The number of hydrogen-bond acceptors (Lipinski definition) is 3. The molecule has 0 amide bonds. The number of rotatable bonds is 5. The lowest BCUT2D eigenvalue weighted by Gasteiger charge is -2.43. The van der Waals surface area contributed by atoms with Gasteiger partial charge < -0.3 is 9.84 Å². The van der Waals surface area contributed by atoms with Gasteiger partial charge in [-0.1, -0.05) is 59.8 Å². The summed E-state index contributed by atoms with van der Waals surface area (Å²) in [5.74, 6) is 0.912. The molecule has 0 saturated carbocycles. The van der Waals surface area contributed by atoms with Crippen LogP contribution >= 0.6 is 0 Å². The van der Waals surface area contributed by atoms with E-state index in [0.29, 0.717) is 23.7 Å². The van der Waals surface area contributed by atoms with Crippen LogP contribution in [0.25, 0.3) is 0 Å². The molecule has 3 nitrogen and oxygen atoms in total. The summed E-state index contributed by atoms with van der Waals surface area (Å²) in [6.07, 6.45) is 9.17. The Morgan fingerprint density at radius 1 is 1.40 bits per heavy atom. The zero-order valence-corrected chi connectivity index (χ0v) is 16.8. The molecule has 6 atom stereocenters. The maximum atomic E-state index is 12.4. The number of carbonyl (C=O) groups excluding carboxylic acids is 1. The first kappa shape index (κ1) is 20.2. The SMILES string of the molecule is CC[C@H](C)C(=O)O[C@H]1CC(O)C=C2C=CC(C)C(CCC(C)(C)C)C21. The summed E-state index contributed by atoms with van der Waals surface area (Å²) in [5, 5.41) is 10.2. The van der Waals surface area contributed by atoms with E-state index in [0.717, 1.165) is 24.8 Å². The second-order valence-electron chi connectivity index (χ2n) is 9.26. The van der Waals surface area contributed by atoms with E-state index < -0.39 is 6.10 Å². The van der Waals surface area contributed by atoms with Crippen LogP contribution in [-0.4, -0.2) is 23.3 Å². The second kappa shape index (κ2) is 8.07. The summed E-state index contributed by atoms with van der Waals surface area (Å²) in [6.45, 7) is 13.0. The smallest absolute Gasteiger partial charge is 0.308 e. The van der Waals surface area contributed by atoms with Gasteiger partial charge in [0.05, 0.1) is 12.0 Å². The van der Waals surface area contributed by atoms with E-state index >= 15 is 0 Å². The molecule has 0 saturated heterocycles. The predicted molar refractivity (Wildman–Crippen MR) is 102 cm³/mol. The molecule has 1 N–H and O–H groups in total. The third-order valence-electron chi connectivity index (χ3n) is 5.88. The van der Waals surface area contributed by atoms with Crippen molar-refractivity contribution in [1.82, 2.24) is 0 Å². The molecule has 0 bridgehead atoms. The van der Waals surface area contributed by atoms with Gasteiger partial charge in [0.15, 0.2) is 0 Å². The standard InChI is InChI=1S/C22H36O3/c1-7-14(2)21(24)25-19-13-17(23)12-16-9-8-15(3)18(20(16)19)10-11-22(4,5)6/h8-9,12,14-15,17-20,23H,7,10-11,13H2,1-6H3/t14-,15?,17?,18?,19-,20?/m0/s1. The minimum absolute atomic E-state index is 0.0870. The Morgan fingerprint density at radius 3 is 2.68 bits per heavy atom. The Kier molecular flexibility index (Phi) is 6.53. The lowest BCUT2D eigenvalue weighted by molar-refractivity contribution is -0.159. The van der Waals surface area contributed by atoms with Crippen LogP contribution in [0.1, 0.15) is 67.2 Å². The fourth-order valence-corrected chi connectivity index (χ4v) is 4.02. The molecule has 2 aliphatic rings. The van der Waals surface area contributed by atoms with E-state index in [1.54, 1.807) is 0 Å². The van der Waals surface area contributed by atoms with E-state index in [-0.39, 0.29) is 23.9 Å². The van der Waals surface area contributed by atoms with Crippen molar-refractivity contribution in [1.29, 1.82) is 0 Å². The molecule has 0 aromatic rings. The highest BCUT2D eigenvalue weighted by atomic mass is 16.5. The summed E-state index contributed by atoms with van der Waals surface area (Å²) in [5.41, 5.74) is 1.44. The highest BCUT2D eigenvalue weighted by molar-refractivity contribution is 5.72. The monoisotopic (exact) mass is 348 g/mol. The van der Waals surface area contributed by atoms with Crippen LogP contribution in [0.5, 0.6) is 0 Å². The van der Waals surface area contributed by atoms with E-state index in [2.05, 4.69) is 39.8 Å². The number of esters is 1. The number of hydrogen-bond donors (Lipinski definition) is 1. The van der Waals surface area contributed by atoms with Gasteiger partial charge >= 0.3 is 5.97 Å². The third-order valence-corrected chi connectivity index (χ3v) is 5.88. The van der Waals surface area contributed by atoms with Crippen LogP contribution in [0.15, 0.2) is 23.8 Å². The van der Waals surface area contributed by atoms with Crippen LogP contribution in [0.3, 0.4) is 0 Å². The fourth-order valence-electron chi connectivity index (χ4n) is 4.02.